The minimum absolute atomic E-state index is 0.220. The summed E-state index contributed by atoms with van der Waals surface area (Å²) in [4.78, 5) is 43.4. The number of hydrogen-bond donors (Lipinski definition) is 1. The summed E-state index contributed by atoms with van der Waals surface area (Å²) >= 11 is 0. The third kappa shape index (κ3) is 4.92. The first-order valence-electron chi connectivity index (χ1n) is 14.7. The van der Waals surface area contributed by atoms with Crippen LogP contribution in [0.15, 0.2) is 78.0 Å². The van der Waals surface area contributed by atoms with Crippen molar-refractivity contribution in [2.75, 3.05) is 0 Å². The molecule has 1 aliphatic carbocycles. The second kappa shape index (κ2) is 10.4. The maximum absolute atomic E-state index is 13.6. The van der Waals surface area contributed by atoms with E-state index >= 15 is 0 Å². The molecule has 0 saturated carbocycles. The smallest absolute Gasteiger partial charge is 0.180 e. The number of benzene rings is 4. The Kier molecular flexibility index (Phi) is 6.87. The Morgan fingerprint density at radius 2 is 1.41 bits per heavy atom. The SMILES string of the molecule is CC(C)(C)c1cc(COc2cccc3ccc(C4C(=O)c5cc6cccc(N=O)c6cc5C4=O)nc23)cc(C(C)(C)C)c1O. The molecule has 1 aliphatic rings. The van der Waals surface area contributed by atoms with Gasteiger partial charge in [-0.25, -0.2) is 4.98 Å². The van der Waals surface area contributed by atoms with Crippen LogP contribution in [0.3, 0.4) is 0 Å². The molecule has 222 valence electrons. The molecule has 1 N–H and O–H groups in total. The zero-order valence-electron chi connectivity index (χ0n) is 25.7. The first kappa shape index (κ1) is 29.2. The lowest BCUT2D eigenvalue weighted by atomic mass is 9.78. The minimum Gasteiger partial charge on any atom is -0.507 e. The highest BCUT2D eigenvalue weighted by Crippen LogP contribution is 2.41. The van der Waals surface area contributed by atoms with E-state index in [1.807, 2.05) is 36.4 Å². The Morgan fingerprint density at radius 1 is 0.795 bits per heavy atom. The van der Waals surface area contributed by atoms with Gasteiger partial charge in [0.05, 0.1) is 5.69 Å². The quantitative estimate of drug-likeness (QED) is 0.163. The van der Waals surface area contributed by atoms with E-state index in [4.69, 9.17) is 9.72 Å². The second-order valence-electron chi connectivity index (χ2n) is 13.5. The summed E-state index contributed by atoms with van der Waals surface area (Å²) in [6.45, 7) is 12.7. The average molecular weight is 587 g/mol. The number of Topliss-reactive ketones (excluding diaryl/α,β-unsaturated/α-hetero) is 2. The molecule has 1 aromatic heterocycles. The number of ether oxygens (including phenoxy) is 1. The molecule has 0 radical (unpaired) electrons. The number of rotatable bonds is 5. The van der Waals surface area contributed by atoms with Gasteiger partial charge in [-0.15, -0.1) is 4.91 Å². The number of nitrogens with zero attached hydrogens (tertiary/aromatic N) is 2. The van der Waals surface area contributed by atoms with E-state index in [0.29, 0.717) is 39.0 Å². The van der Waals surface area contributed by atoms with Crippen LogP contribution in [0.2, 0.25) is 0 Å². The van der Waals surface area contributed by atoms with Gasteiger partial charge in [0.25, 0.3) is 0 Å². The molecule has 1 heterocycles. The third-order valence-electron chi connectivity index (χ3n) is 8.33. The molecule has 0 amide bonds. The van der Waals surface area contributed by atoms with E-state index in [9.17, 15) is 19.6 Å². The van der Waals surface area contributed by atoms with E-state index in [2.05, 4.69) is 46.7 Å². The van der Waals surface area contributed by atoms with Gasteiger partial charge < -0.3 is 9.84 Å². The van der Waals surface area contributed by atoms with Gasteiger partial charge in [0, 0.05) is 21.9 Å². The fraction of sp³-hybridized carbons (Fsp3) is 0.270. The lowest BCUT2D eigenvalue weighted by Gasteiger charge is -2.28. The van der Waals surface area contributed by atoms with Gasteiger partial charge in [-0.2, -0.15) is 0 Å². The Bertz CT molecular complexity index is 1980. The van der Waals surface area contributed by atoms with Crippen LogP contribution in [-0.4, -0.2) is 21.7 Å². The molecule has 44 heavy (non-hydrogen) atoms. The number of phenols is 1. The molecule has 5 aromatic rings. The number of nitroso groups, excluding NO2 is 1. The molecule has 0 saturated heterocycles. The Morgan fingerprint density at radius 3 is 2.05 bits per heavy atom. The molecule has 0 fully saturated rings. The summed E-state index contributed by atoms with van der Waals surface area (Å²) in [5.74, 6) is -0.937. The van der Waals surface area contributed by atoms with Crippen molar-refractivity contribution in [1.82, 2.24) is 4.98 Å². The van der Waals surface area contributed by atoms with Crippen LogP contribution in [-0.2, 0) is 17.4 Å². The zero-order chi connectivity index (χ0) is 31.6. The number of carbonyl (C=O) groups excluding carboxylic acids is 2. The number of fused-ring (bicyclic) bond motifs is 3. The van der Waals surface area contributed by atoms with Crippen molar-refractivity contribution < 1.29 is 19.4 Å². The predicted molar refractivity (Wildman–Crippen MR) is 172 cm³/mol. The largest absolute Gasteiger partial charge is 0.507 e. The summed E-state index contributed by atoms with van der Waals surface area (Å²) in [5.41, 5.74) is 3.77. The van der Waals surface area contributed by atoms with Crippen LogP contribution in [0.5, 0.6) is 11.5 Å². The summed E-state index contributed by atoms with van der Waals surface area (Å²) in [6, 6.07) is 21.4. The van der Waals surface area contributed by atoms with E-state index in [0.717, 1.165) is 22.1 Å². The van der Waals surface area contributed by atoms with Crippen molar-refractivity contribution in [1.29, 1.82) is 0 Å². The van der Waals surface area contributed by atoms with Crippen molar-refractivity contribution in [3.63, 3.8) is 0 Å². The molecule has 7 heteroatoms. The molecule has 7 nitrogen and oxygen atoms in total. The van der Waals surface area contributed by atoms with Crippen molar-refractivity contribution in [2.45, 2.75) is 64.9 Å². The summed E-state index contributed by atoms with van der Waals surface area (Å²) in [5, 5.41) is 16.2. The second-order valence-corrected chi connectivity index (χ2v) is 13.5. The van der Waals surface area contributed by atoms with Gasteiger partial charge in [0.15, 0.2) is 11.6 Å². The number of ketones is 2. The highest BCUT2D eigenvalue weighted by molar-refractivity contribution is 6.31. The molecule has 0 aliphatic heterocycles. The summed E-state index contributed by atoms with van der Waals surface area (Å²) in [6.07, 6.45) is 0. The number of pyridine rings is 1. The topological polar surface area (TPSA) is 106 Å². The fourth-order valence-corrected chi connectivity index (χ4v) is 5.99. The molecule has 4 aromatic carbocycles. The van der Waals surface area contributed by atoms with E-state index < -0.39 is 5.92 Å². The minimum atomic E-state index is -1.09. The van der Waals surface area contributed by atoms with Gasteiger partial charge in [0.1, 0.15) is 35.2 Å². The van der Waals surface area contributed by atoms with E-state index in [-0.39, 0.29) is 40.3 Å². The molecule has 0 bridgehead atoms. The van der Waals surface area contributed by atoms with Crippen molar-refractivity contribution >= 4 is 38.9 Å². The van der Waals surface area contributed by atoms with Gasteiger partial charge >= 0.3 is 0 Å². The highest BCUT2D eigenvalue weighted by Gasteiger charge is 2.41. The van der Waals surface area contributed by atoms with Crippen molar-refractivity contribution in [2.24, 2.45) is 5.18 Å². The molecule has 6 rings (SSSR count). The van der Waals surface area contributed by atoms with Crippen molar-refractivity contribution in [3.8, 4) is 11.5 Å². The maximum atomic E-state index is 13.6. The normalized spacial score (nSPS) is 15.2. The van der Waals surface area contributed by atoms with Crippen LogP contribution in [0.4, 0.5) is 5.69 Å². The number of carbonyl (C=O) groups is 2. The van der Waals surface area contributed by atoms with E-state index in [1.54, 1.807) is 36.4 Å². The van der Waals surface area contributed by atoms with Crippen LogP contribution < -0.4 is 4.74 Å². The first-order valence-corrected chi connectivity index (χ1v) is 14.7. The number of aromatic hydroxyl groups is 1. The lowest BCUT2D eigenvalue weighted by molar-refractivity contribution is 0.0888. The number of hydrogen-bond acceptors (Lipinski definition) is 7. The van der Waals surface area contributed by atoms with Crippen LogP contribution in [0.1, 0.15) is 90.6 Å². The van der Waals surface area contributed by atoms with Gasteiger partial charge in [-0.3, -0.25) is 9.59 Å². The van der Waals surface area contributed by atoms with Crippen LogP contribution in [0.25, 0.3) is 21.7 Å². The summed E-state index contributed by atoms with van der Waals surface area (Å²) < 4.78 is 6.34. The Labute approximate surface area is 255 Å². The number of aromatic nitrogens is 1. The van der Waals surface area contributed by atoms with Gasteiger partial charge in [0.2, 0.25) is 0 Å². The lowest BCUT2D eigenvalue weighted by Crippen LogP contribution is -2.18. The monoisotopic (exact) mass is 586 g/mol. The highest BCUT2D eigenvalue weighted by atomic mass is 16.5. The predicted octanol–water partition coefficient (Wildman–Crippen LogP) is 8.83. The zero-order valence-corrected chi connectivity index (χ0v) is 25.7. The fourth-order valence-electron chi connectivity index (χ4n) is 5.99. The number of para-hydroxylation sites is 1. The van der Waals surface area contributed by atoms with Gasteiger partial charge in [-0.1, -0.05) is 71.9 Å². The average Bonchev–Trinajstić information content (AvgIpc) is 3.22. The maximum Gasteiger partial charge on any atom is 0.180 e. The molecule has 1 atom stereocenters. The Hall–Kier alpha value is -4.91. The molecular formula is C37H34N2O5. The molecular weight excluding hydrogens is 552 g/mol. The molecule has 0 spiro atoms. The molecule has 1 unspecified atom stereocenters. The third-order valence-corrected chi connectivity index (χ3v) is 8.33. The van der Waals surface area contributed by atoms with Crippen LogP contribution >= 0.6 is 0 Å². The Balaban J connectivity index is 1.36. The number of phenolic OH excluding ortho intramolecular Hbond substituents is 1. The standard InChI is InChI=1S/C37H34N2O5/c1-36(2,3)26-15-20(16-27(35(26)42)37(4,5)6)19-44-30-12-8-9-21-13-14-29(38-32(21)30)31-33(40)24-17-22-10-7-11-28(39-43)23(22)18-25(24)34(31)41/h7-18,31,42H,19H2,1-6H3. The van der Waals surface area contributed by atoms with Crippen molar-refractivity contribution in [3.05, 3.63) is 111 Å². The van der Waals surface area contributed by atoms with Crippen LogP contribution in [0, 0.1) is 4.91 Å². The van der Waals surface area contributed by atoms with E-state index in [1.165, 1.54) is 0 Å². The van der Waals surface area contributed by atoms with Gasteiger partial charge in [-0.05, 0) is 80.5 Å². The first-order chi connectivity index (χ1) is 20.8. The summed E-state index contributed by atoms with van der Waals surface area (Å²) in [7, 11) is 0.